The monoisotopic (exact) mass is 376 g/mol. The van der Waals surface area contributed by atoms with Gasteiger partial charge in [-0.15, -0.1) is 0 Å². The van der Waals surface area contributed by atoms with Gasteiger partial charge in [0.1, 0.15) is 0 Å². The smallest absolute Gasteiger partial charge is 0.268 e. The molecule has 1 aromatic heterocycles. The van der Waals surface area contributed by atoms with Gasteiger partial charge in [-0.2, -0.15) is 0 Å². The third-order valence-corrected chi connectivity index (χ3v) is 4.49. The van der Waals surface area contributed by atoms with Crippen molar-refractivity contribution < 1.29 is 9.59 Å². The maximum Gasteiger partial charge on any atom is 0.347 e. The van der Waals surface area contributed by atoms with Gasteiger partial charge in [-0.1, -0.05) is 42.5 Å². The first-order valence-corrected chi connectivity index (χ1v) is 8.63. The van der Waals surface area contributed by atoms with Gasteiger partial charge in [-0.3, -0.25) is 9.59 Å². The van der Waals surface area contributed by atoms with Gasteiger partial charge in [0.25, 0.3) is 11.8 Å². The average Bonchev–Trinajstić information content (AvgIpc) is 3.12. The molecule has 0 bridgehead atoms. The predicted octanol–water partition coefficient (Wildman–Crippen LogP) is 1.20. The molecular weight excluding hydrogens is 360 g/mol. The van der Waals surface area contributed by atoms with Gasteiger partial charge in [-0.05, 0) is 23.8 Å². The second-order valence-corrected chi connectivity index (χ2v) is 6.29. The van der Waals surface area contributed by atoms with E-state index in [1.165, 1.54) is 12.3 Å². The molecule has 2 amide bonds. The lowest BCUT2D eigenvalue weighted by molar-refractivity contribution is 0.0721. The lowest BCUT2D eigenvalue weighted by atomic mass is 10.1. The average molecular weight is 376 g/mol. The van der Waals surface area contributed by atoms with E-state index < -0.39 is 23.2 Å². The zero-order chi connectivity index (χ0) is 19.7. The lowest BCUT2D eigenvalue weighted by Gasteiger charge is -2.06. The summed E-state index contributed by atoms with van der Waals surface area (Å²) in [5.74, 6) is -0.835. The number of benzene rings is 2. The lowest BCUT2D eigenvalue weighted by Crippen LogP contribution is -2.29. The maximum atomic E-state index is 12.4. The van der Waals surface area contributed by atoms with Crippen molar-refractivity contribution >= 4 is 11.8 Å². The summed E-state index contributed by atoms with van der Waals surface area (Å²) in [6, 6.07) is 15.7. The quantitative estimate of drug-likeness (QED) is 0.677. The second kappa shape index (κ2) is 6.99. The standard InChI is InChI=1S/C20H16N4O4/c25-17-15-9-4-5-10-16(15)18(26)22(17)11-6-12-24-20(28)23(19(27)21-24)13-14-7-2-1-3-8-14/h1-11H,12-13H2,(H,21,27). The number of allylic oxidation sites excluding steroid dienone is 1. The molecule has 1 N–H and O–H groups in total. The molecule has 0 aliphatic carbocycles. The highest BCUT2D eigenvalue weighted by Gasteiger charge is 2.33. The van der Waals surface area contributed by atoms with Crippen LogP contribution in [0.4, 0.5) is 0 Å². The van der Waals surface area contributed by atoms with Crippen LogP contribution in [0, 0.1) is 0 Å². The van der Waals surface area contributed by atoms with E-state index in [9.17, 15) is 19.2 Å². The van der Waals surface area contributed by atoms with Crippen LogP contribution in [0.5, 0.6) is 0 Å². The minimum atomic E-state index is -0.525. The highest BCUT2D eigenvalue weighted by atomic mass is 16.2. The van der Waals surface area contributed by atoms with Crippen LogP contribution in [-0.2, 0) is 13.1 Å². The number of nitrogens with zero attached hydrogens (tertiary/aromatic N) is 3. The normalized spacial score (nSPS) is 13.5. The summed E-state index contributed by atoms with van der Waals surface area (Å²) >= 11 is 0. The summed E-state index contributed by atoms with van der Waals surface area (Å²) in [6.07, 6.45) is 2.80. The van der Waals surface area contributed by atoms with Gasteiger partial charge >= 0.3 is 11.4 Å². The van der Waals surface area contributed by atoms with Crippen molar-refractivity contribution in [1.82, 2.24) is 19.2 Å². The Kier molecular flexibility index (Phi) is 4.36. The molecule has 8 nitrogen and oxygen atoms in total. The van der Waals surface area contributed by atoms with Crippen LogP contribution < -0.4 is 11.4 Å². The molecule has 3 aromatic rings. The summed E-state index contributed by atoms with van der Waals surface area (Å²) in [6.45, 7) is 0.174. The van der Waals surface area contributed by atoms with E-state index in [1.807, 2.05) is 30.3 Å². The van der Waals surface area contributed by atoms with Crippen molar-refractivity contribution in [2.75, 3.05) is 0 Å². The minimum absolute atomic E-state index is 0.0171. The predicted molar refractivity (Wildman–Crippen MR) is 101 cm³/mol. The first kappa shape index (κ1) is 17.5. The minimum Gasteiger partial charge on any atom is -0.268 e. The molecule has 28 heavy (non-hydrogen) atoms. The van der Waals surface area contributed by atoms with Gasteiger partial charge in [0.05, 0.1) is 24.2 Å². The van der Waals surface area contributed by atoms with Gasteiger partial charge < -0.3 is 0 Å². The number of imide groups is 1. The number of nitrogens with one attached hydrogen (secondary N) is 1. The third kappa shape index (κ3) is 3.01. The molecule has 0 atom stereocenters. The largest absolute Gasteiger partial charge is 0.347 e. The van der Waals surface area contributed by atoms with Crippen molar-refractivity contribution in [2.24, 2.45) is 0 Å². The molecule has 0 saturated heterocycles. The van der Waals surface area contributed by atoms with Crippen LogP contribution in [0.25, 0.3) is 0 Å². The van der Waals surface area contributed by atoms with Gasteiger partial charge in [0, 0.05) is 6.20 Å². The van der Waals surface area contributed by atoms with E-state index in [1.54, 1.807) is 24.3 Å². The fourth-order valence-electron chi connectivity index (χ4n) is 3.09. The molecule has 1 aliphatic heterocycles. The van der Waals surface area contributed by atoms with Crippen molar-refractivity contribution in [3.63, 3.8) is 0 Å². The summed E-state index contributed by atoms with van der Waals surface area (Å²) in [7, 11) is 0. The van der Waals surface area contributed by atoms with E-state index in [2.05, 4.69) is 5.10 Å². The van der Waals surface area contributed by atoms with E-state index in [-0.39, 0.29) is 13.1 Å². The number of hydrogen-bond donors (Lipinski definition) is 1. The Morgan fingerprint density at radius 3 is 2.07 bits per heavy atom. The van der Waals surface area contributed by atoms with Crippen molar-refractivity contribution in [2.45, 2.75) is 13.1 Å². The third-order valence-electron chi connectivity index (χ3n) is 4.49. The van der Waals surface area contributed by atoms with Crippen LogP contribution in [0.1, 0.15) is 26.3 Å². The molecule has 0 radical (unpaired) electrons. The number of H-pyrrole nitrogens is 1. The van der Waals surface area contributed by atoms with Crippen LogP contribution in [-0.4, -0.2) is 31.1 Å². The Morgan fingerprint density at radius 1 is 0.821 bits per heavy atom. The highest BCUT2D eigenvalue weighted by Crippen LogP contribution is 2.22. The fraction of sp³-hybridized carbons (Fsp3) is 0.100. The zero-order valence-electron chi connectivity index (χ0n) is 14.7. The van der Waals surface area contributed by atoms with Crippen LogP contribution >= 0.6 is 0 Å². The number of aromatic nitrogens is 3. The number of carbonyl (C=O) groups is 2. The Hall–Kier alpha value is -3.94. The van der Waals surface area contributed by atoms with Crippen molar-refractivity contribution in [3.05, 3.63) is 105 Å². The number of rotatable bonds is 5. The topological polar surface area (TPSA) is 97.2 Å². The van der Waals surface area contributed by atoms with Crippen LogP contribution in [0.2, 0.25) is 0 Å². The van der Waals surface area contributed by atoms with E-state index in [4.69, 9.17) is 0 Å². The molecule has 0 fully saturated rings. The fourth-order valence-corrected chi connectivity index (χ4v) is 3.09. The summed E-state index contributed by atoms with van der Waals surface area (Å²) < 4.78 is 2.21. The number of carbonyl (C=O) groups excluding carboxylic acids is 2. The van der Waals surface area contributed by atoms with Crippen LogP contribution in [0.3, 0.4) is 0 Å². The van der Waals surface area contributed by atoms with Gasteiger partial charge in [0.2, 0.25) is 0 Å². The molecule has 8 heteroatoms. The number of hydrogen-bond acceptors (Lipinski definition) is 4. The Morgan fingerprint density at radius 2 is 1.43 bits per heavy atom. The number of aromatic amines is 1. The molecule has 140 valence electrons. The first-order valence-electron chi connectivity index (χ1n) is 8.63. The molecule has 0 spiro atoms. The SMILES string of the molecule is O=C1c2ccccc2C(=O)N1C=CCn1[nH]c(=O)n(Cc2ccccc2)c1=O. The number of amides is 2. The highest BCUT2D eigenvalue weighted by molar-refractivity contribution is 6.22. The zero-order valence-corrected chi connectivity index (χ0v) is 14.7. The molecule has 2 heterocycles. The molecule has 4 rings (SSSR count). The molecular formula is C20H16N4O4. The van der Waals surface area contributed by atoms with Crippen molar-refractivity contribution in [1.29, 1.82) is 0 Å². The summed E-state index contributed by atoms with van der Waals surface area (Å²) in [5.41, 5.74) is 0.492. The molecule has 0 unspecified atom stereocenters. The second-order valence-electron chi connectivity index (χ2n) is 6.29. The van der Waals surface area contributed by atoms with Gasteiger partial charge in [0.15, 0.2) is 0 Å². The van der Waals surface area contributed by atoms with E-state index in [0.717, 1.165) is 19.7 Å². The van der Waals surface area contributed by atoms with Crippen molar-refractivity contribution in [3.8, 4) is 0 Å². The Bertz CT molecular complexity index is 1170. The molecule has 2 aromatic carbocycles. The molecule has 1 aliphatic rings. The van der Waals surface area contributed by atoms with E-state index >= 15 is 0 Å². The first-order chi connectivity index (χ1) is 13.6. The maximum absolute atomic E-state index is 12.4. The Labute approximate surface area is 158 Å². The summed E-state index contributed by atoms with van der Waals surface area (Å²) in [4.78, 5) is 50.1. The number of fused-ring (bicyclic) bond motifs is 1. The van der Waals surface area contributed by atoms with E-state index in [0.29, 0.717) is 11.1 Å². The summed E-state index contributed by atoms with van der Waals surface area (Å²) in [5, 5.41) is 2.47. The van der Waals surface area contributed by atoms with Crippen LogP contribution in [0.15, 0.2) is 76.5 Å². The molecule has 0 saturated carbocycles. The Balaban J connectivity index is 1.51. The van der Waals surface area contributed by atoms with Gasteiger partial charge in [-0.25, -0.2) is 28.8 Å².